The van der Waals surface area contributed by atoms with Crippen LogP contribution in [0.2, 0.25) is 0 Å². The van der Waals surface area contributed by atoms with E-state index in [1.54, 1.807) is 0 Å². The zero-order chi connectivity index (χ0) is 11.5. The summed E-state index contributed by atoms with van der Waals surface area (Å²) >= 11 is 0. The summed E-state index contributed by atoms with van der Waals surface area (Å²) in [4.78, 5) is 17.9. The van der Waals surface area contributed by atoms with Crippen molar-refractivity contribution in [3.63, 3.8) is 0 Å². The lowest BCUT2D eigenvalue weighted by atomic mass is 9.88. The number of hydrogen-bond acceptors (Lipinski definition) is 2. The second kappa shape index (κ2) is 3.07. The minimum Gasteiger partial charge on any atom is -0.303 e. The summed E-state index contributed by atoms with van der Waals surface area (Å²) in [5.74, 6) is 0.809. The van der Waals surface area contributed by atoms with Crippen LogP contribution in [0.5, 0.6) is 0 Å². The lowest BCUT2D eigenvalue weighted by Crippen LogP contribution is -2.26. The van der Waals surface area contributed by atoms with Gasteiger partial charge in [-0.15, -0.1) is 0 Å². The fourth-order valence-electron chi connectivity index (χ4n) is 3.42. The van der Waals surface area contributed by atoms with Crippen LogP contribution in [0.25, 0.3) is 0 Å². The summed E-state index contributed by atoms with van der Waals surface area (Å²) < 4.78 is 16.1. The molecule has 3 atom stereocenters. The van der Waals surface area contributed by atoms with Crippen molar-refractivity contribution in [3.8, 4) is 0 Å². The molecule has 0 aliphatic heterocycles. The first-order valence-corrected chi connectivity index (χ1v) is 6.98. The molecule has 0 aromatic carbocycles. The van der Waals surface area contributed by atoms with Crippen LogP contribution in [-0.4, -0.2) is 15.4 Å². The number of rotatable bonds is 2. The summed E-state index contributed by atoms with van der Waals surface area (Å²) in [6.45, 7) is 6.21. The Labute approximate surface area is 90.3 Å². The highest BCUT2D eigenvalue weighted by molar-refractivity contribution is 7.46. The molecule has 0 saturated heterocycles. The largest absolute Gasteiger partial charge is 0.470 e. The monoisotopic (exact) mass is 234 g/mol. The van der Waals surface area contributed by atoms with Gasteiger partial charge in [0.15, 0.2) is 0 Å². The lowest BCUT2D eigenvalue weighted by Gasteiger charge is -2.28. The topological polar surface area (TPSA) is 66.8 Å². The molecule has 0 aromatic heterocycles. The molecule has 0 aromatic rings. The first-order chi connectivity index (χ1) is 6.69. The Kier molecular flexibility index (Phi) is 2.37. The van der Waals surface area contributed by atoms with Gasteiger partial charge in [0.1, 0.15) is 0 Å². The van der Waals surface area contributed by atoms with Crippen molar-refractivity contribution in [2.75, 3.05) is 0 Å². The summed E-state index contributed by atoms with van der Waals surface area (Å²) in [6.07, 6.45) is 2.93. The molecule has 2 aliphatic carbocycles. The average Bonchev–Trinajstić information content (AvgIpc) is 2.42. The highest BCUT2D eigenvalue weighted by atomic mass is 31.2. The molecule has 3 unspecified atom stereocenters. The van der Waals surface area contributed by atoms with Crippen molar-refractivity contribution in [2.45, 2.75) is 45.6 Å². The van der Waals surface area contributed by atoms with E-state index in [1.807, 2.05) is 13.8 Å². The van der Waals surface area contributed by atoms with E-state index >= 15 is 0 Å². The van der Waals surface area contributed by atoms with E-state index in [-0.39, 0.29) is 5.41 Å². The predicted molar refractivity (Wildman–Crippen MR) is 56.1 cm³/mol. The summed E-state index contributed by atoms with van der Waals surface area (Å²) in [6, 6.07) is 0. The first-order valence-electron chi connectivity index (χ1n) is 5.45. The Morgan fingerprint density at radius 3 is 2.47 bits per heavy atom. The molecule has 15 heavy (non-hydrogen) atoms. The minimum atomic E-state index is -4.36. The molecule has 0 heterocycles. The van der Waals surface area contributed by atoms with Gasteiger partial charge in [0.25, 0.3) is 0 Å². The molecule has 0 bridgehead atoms. The highest BCUT2D eigenvalue weighted by Crippen LogP contribution is 2.74. The molecular weight excluding hydrogens is 215 g/mol. The maximum absolute atomic E-state index is 11.0. The predicted octanol–water partition coefficient (Wildman–Crippen LogP) is 2.31. The summed E-state index contributed by atoms with van der Waals surface area (Å²) in [7, 11) is -4.36. The maximum Gasteiger partial charge on any atom is 0.470 e. The number of phosphoric acid groups is 1. The maximum atomic E-state index is 11.0. The van der Waals surface area contributed by atoms with Crippen molar-refractivity contribution in [1.29, 1.82) is 0 Å². The van der Waals surface area contributed by atoms with Gasteiger partial charge in [0.2, 0.25) is 0 Å². The third-order valence-corrected chi connectivity index (χ3v) is 4.89. The fourth-order valence-corrected chi connectivity index (χ4v) is 4.29. The smallest absolute Gasteiger partial charge is 0.303 e. The van der Waals surface area contributed by atoms with Gasteiger partial charge in [-0.1, -0.05) is 27.2 Å². The van der Waals surface area contributed by atoms with E-state index in [1.165, 1.54) is 0 Å². The van der Waals surface area contributed by atoms with E-state index in [0.29, 0.717) is 11.8 Å². The molecule has 0 amide bonds. The van der Waals surface area contributed by atoms with Crippen LogP contribution in [0.1, 0.15) is 40.0 Å². The lowest BCUT2D eigenvalue weighted by molar-refractivity contribution is 0.0497. The fraction of sp³-hybridized carbons (Fsp3) is 1.00. The van der Waals surface area contributed by atoms with Crippen LogP contribution >= 0.6 is 7.82 Å². The molecule has 5 heteroatoms. The van der Waals surface area contributed by atoms with Crippen LogP contribution in [-0.2, 0) is 9.09 Å². The minimum absolute atomic E-state index is 0.0844. The van der Waals surface area contributed by atoms with Crippen LogP contribution in [0.4, 0.5) is 0 Å². The zero-order valence-electron chi connectivity index (χ0n) is 9.43. The normalized spacial score (nSPS) is 43.5. The molecule has 0 spiro atoms. The zero-order valence-corrected chi connectivity index (χ0v) is 10.3. The third-order valence-electron chi connectivity index (χ3n) is 4.32. The van der Waals surface area contributed by atoms with Crippen LogP contribution in [0, 0.1) is 17.3 Å². The van der Waals surface area contributed by atoms with Crippen molar-refractivity contribution >= 4 is 7.82 Å². The van der Waals surface area contributed by atoms with Crippen molar-refractivity contribution in [1.82, 2.24) is 0 Å². The molecule has 0 radical (unpaired) electrons. The molecule has 4 nitrogen and oxygen atoms in total. The average molecular weight is 234 g/mol. The van der Waals surface area contributed by atoms with Gasteiger partial charge in [-0.3, -0.25) is 4.52 Å². The first kappa shape index (κ1) is 11.6. The van der Waals surface area contributed by atoms with Crippen LogP contribution in [0.3, 0.4) is 0 Å². The Bertz CT molecular complexity index is 321. The van der Waals surface area contributed by atoms with E-state index in [2.05, 4.69) is 6.92 Å². The van der Waals surface area contributed by atoms with E-state index < -0.39 is 13.4 Å². The summed E-state index contributed by atoms with van der Waals surface area (Å²) in [5, 5.41) is 0. The van der Waals surface area contributed by atoms with Crippen LogP contribution in [0.15, 0.2) is 0 Å². The Morgan fingerprint density at radius 1 is 1.33 bits per heavy atom. The van der Waals surface area contributed by atoms with Gasteiger partial charge in [-0.25, -0.2) is 4.57 Å². The molecule has 2 rings (SSSR count). The van der Waals surface area contributed by atoms with Crippen LogP contribution < -0.4 is 0 Å². The van der Waals surface area contributed by atoms with E-state index in [0.717, 1.165) is 19.3 Å². The van der Waals surface area contributed by atoms with Gasteiger partial charge in [-0.05, 0) is 24.7 Å². The molecule has 2 fully saturated rings. The van der Waals surface area contributed by atoms with Gasteiger partial charge in [0, 0.05) is 5.41 Å². The Morgan fingerprint density at radius 2 is 1.93 bits per heavy atom. The molecule has 2 aliphatic rings. The van der Waals surface area contributed by atoms with Crippen molar-refractivity contribution in [3.05, 3.63) is 0 Å². The second-order valence-electron chi connectivity index (χ2n) is 5.63. The van der Waals surface area contributed by atoms with Gasteiger partial charge in [-0.2, -0.15) is 0 Å². The van der Waals surface area contributed by atoms with Crippen molar-refractivity contribution < 1.29 is 18.9 Å². The molecule has 2 saturated carbocycles. The summed E-state index contributed by atoms with van der Waals surface area (Å²) in [5.41, 5.74) is -0.650. The Balaban J connectivity index is 2.22. The molecule has 88 valence electrons. The van der Waals surface area contributed by atoms with Gasteiger partial charge < -0.3 is 9.79 Å². The van der Waals surface area contributed by atoms with Crippen molar-refractivity contribution in [2.24, 2.45) is 17.3 Å². The number of phosphoric ester groups is 1. The molecule has 2 N–H and O–H groups in total. The SMILES string of the molecule is CC1CCC2C(C)(C)C2(OP(=O)(O)O)C1. The third kappa shape index (κ3) is 1.68. The second-order valence-corrected chi connectivity index (χ2v) is 6.80. The standard InChI is InChI=1S/C10H19O4P/c1-7-4-5-8-9(2,3)10(8,6-7)14-15(11,12)13/h7-8H,4-6H2,1-3H3,(H2,11,12,13). The number of fused-ring (bicyclic) bond motifs is 1. The van der Waals surface area contributed by atoms with Gasteiger partial charge >= 0.3 is 7.82 Å². The van der Waals surface area contributed by atoms with E-state index in [9.17, 15) is 4.57 Å². The van der Waals surface area contributed by atoms with E-state index in [4.69, 9.17) is 14.3 Å². The van der Waals surface area contributed by atoms with Gasteiger partial charge in [0.05, 0.1) is 5.60 Å². The molecular formula is C10H19O4P. The highest BCUT2D eigenvalue weighted by Gasteiger charge is 2.74. The Hall–Kier alpha value is 0.110. The number of hydrogen-bond donors (Lipinski definition) is 2. The quantitative estimate of drug-likeness (QED) is 0.719.